The number of pyridine rings is 1. The number of aromatic nitrogens is 3. The number of rotatable bonds is 3. The monoisotopic (exact) mass is 338 g/mol. The van der Waals surface area contributed by atoms with Crippen molar-refractivity contribution in [2.75, 3.05) is 6.54 Å². The highest BCUT2D eigenvalue weighted by atomic mass is 16.5. The van der Waals surface area contributed by atoms with Crippen molar-refractivity contribution in [3.05, 3.63) is 57.5 Å². The van der Waals surface area contributed by atoms with Crippen LogP contribution in [-0.2, 0) is 6.54 Å². The number of fused-ring (bicyclic) bond motifs is 1. The highest BCUT2D eigenvalue weighted by Crippen LogP contribution is 2.31. The first-order valence-electron chi connectivity index (χ1n) is 8.77. The maximum absolute atomic E-state index is 12.5. The lowest BCUT2D eigenvalue weighted by molar-refractivity contribution is 0.110. The molecular formula is C19H22N4O2. The first-order chi connectivity index (χ1) is 12.1. The van der Waals surface area contributed by atoms with Gasteiger partial charge in [0, 0.05) is 29.2 Å². The van der Waals surface area contributed by atoms with E-state index in [2.05, 4.69) is 20.0 Å². The molecule has 1 aromatic carbocycles. The number of hydrogen-bond donors (Lipinski definition) is 1. The second kappa shape index (κ2) is 6.44. The molecule has 0 bridgehead atoms. The van der Waals surface area contributed by atoms with Crippen LogP contribution < -0.4 is 5.43 Å². The zero-order valence-electron chi connectivity index (χ0n) is 14.6. The topological polar surface area (TPSA) is 75.0 Å². The van der Waals surface area contributed by atoms with Crippen LogP contribution in [0.4, 0.5) is 0 Å². The third-order valence-corrected chi connectivity index (χ3v) is 4.86. The van der Waals surface area contributed by atoms with Crippen LogP contribution in [-0.4, -0.2) is 26.6 Å². The molecule has 6 nitrogen and oxygen atoms in total. The Labute approximate surface area is 145 Å². The molecule has 1 aliphatic heterocycles. The van der Waals surface area contributed by atoms with Gasteiger partial charge in [0.25, 0.3) is 0 Å². The second-order valence-electron chi connectivity index (χ2n) is 6.87. The van der Waals surface area contributed by atoms with Crippen molar-refractivity contribution in [3.63, 3.8) is 0 Å². The highest BCUT2D eigenvalue weighted by Gasteiger charge is 2.28. The van der Waals surface area contributed by atoms with Gasteiger partial charge in [0.15, 0.2) is 11.3 Å². The van der Waals surface area contributed by atoms with Crippen molar-refractivity contribution in [2.24, 2.45) is 0 Å². The van der Waals surface area contributed by atoms with Gasteiger partial charge in [0.2, 0.25) is 5.89 Å². The molecule has 4 rings (SSSR count). The van der Waals surface area contributed by atoms with E-state index in [0.29, 0.717) is 18.3 Å². The summed E-state index contributed by atoms with van der Waals surface area (Å²) in [4.78, 5) is 22.6. The lowest BCUT2D eigenvalue weighted by Gasteiger charge is -2.33. The summed E-state index contributed by atoms with van der Waals surface area (Å²) >= 11 is 0. The minimum absolute atomic E-state index is 0.0645. The van der Waals surface area contributed by atoms with Gasteiger partial charge >= 0.3 is 0 Å². The first kappa shape index (κ1) is 16.0. The summed E-state index contributed by atoms with van der Waals surface area (Å²) < 4.78 is 5.40. The highest BCUT2D eigenvalue weighted by molar-refractivity contribution is 5.79. The largest absolute Gasteiger partial charge is 0.357 e. The van der Waals surface area contributed by atoms with E-state index in [1.807, 2.05) is 32.0 Å². The summed E-state index contributed by atoms with van der Waals surface area (Å²) in [5.41, 5.74) is 2.96. The number of aryl methyl sites for hydroxylation is 2. The minimum atomic E-state index is 0.0645. The Morgan fingerprint density at radius 3 is 2.96 bits per heavy atom. The van der Waals surface area contributed by atoms with E-state index in [9.17, 15) is 4.79 Å². The van der Waals surface area contributed by atoms with E-state index >= 15 is 0 Å². The van der Waals surface area contributed by atoms with Crippen LogP contribution in [0.15, 0.2) is 33.6 Å². The molecule has 130 valence electrons. The average molecular weight is 338 g/mol. The van der Waals surface area contributed by atoms with Gasteiger partial charge in [0.1, 0.15) is 0 Å². The Balaban J connectivity index is 1.64. The Hall–Kier alpha value is -2.47. The summed E-state index contributed by atoms with van der Waals surface area (Å²) in [5.74, 6) is 1.34. The van der Waals surface area contributed by atoms with Gasteiger partial charge in [0.05, 0.1) is 6.04 Å². The zero-order chi connectivity index (χ0) is 17.4. The van der Waals surface area contributed by atoms with Crippen molar-refractivity contribution in [1.82, 2.24) is 20.0 Å². The van der Waals surface area contributed by atoms with Crippen LogP contribution in [0.2, 0.25) is 0 Å². The fourth-order valence-electron chi connectivity index (χ4n) is 3.63. The Morgan fingerprint density at radius 2 is 2.16 bits per heavy atom. The number of nitrogens with zero attached hydrogens (tertiary/aromatic N) is 3. The van der Waals surface area contributed by atoms with Crippen molar-refractivity contribution >= 4 is 10.9 Å². The lowest BCUT2D eigenvalue weighted by Crippen LogP contribution is -2.33. The molecule has 0 amide bonds. The van der Waals surface area contributed by atoms with Gasteiger partial charge < -0.3 is 9.51 Å². The Bertz CT molecular complexity index is 959. The number of likely N-dealkylation sites (tertiary alicyclic amines) is 1. The van der Waals surface area contributed by atoms with Crippen LogP contribution >= 0.6 is 0 Å². The summed E-state index contributed by atoms with van der Waals surface area (Å²) in [6.07, 6.45) is 3.29. The molecule has 1 N–H and O–H groups in total. The third kappa shape index (κ3) is 3.22. The quantitative estimate of drug-likeness (QED) is 0.793. The molecule has 2 aromatic heterocycles. The molecule has 0 unspecified atom stereocenters. The molecule has 0 saturated carbocycles. The van der Waals surface area contributed by atoms with Crippen molar-refractivity contribution in [3.8, 4) is 0 Å². The molecule has 0 spiro atoms. The fourth-order valence-corrected chi connectivity index (χ4v) is 3.63. The van der Waals surface area contributed by atoms with E-state index < -0.39 is 0 Å². The smallest absolute Gasteiger partial charge is 0.243 e. The number of benzene rings is 1. The van der Waals surface area contributed by atoms with Crippen LogP contribution in [0.5, 0.6) is 0 Å². The van der Waals surface area contributed by atoms with Gasteiger partial charge in [-0.3, -0.25) is 9.69 Å². The Kier molecular flexibility index (Phi) is 4.13. The molecule has 1 aliphatic rings. The molecule has 6 heteroatoms. The summed E-state index contributed by atoms with van der Waals surface area (Å²) in [6, 6.07) is 7.76. The molecule has 0 radical (unpaired) electrons. The predicted molar refractivity (Wildman–Crippen MR) is 95.3 cm³/mol. The number of piperidine rings is 1. The molecule has 1 saturated heterocycles. The van der Waals surface area contributed by atoms with Gasteiger partial charge in [-0.2, -0.15) is 4.98 Å². The van der Waals surface area contributed by atoms with E-state index in [-0.39, 0.29) is 11.5 Å². The normalized spacial score (nSPS) is 18.7. The van der Waals surface area contributed by atoms with Gasteiger partial charge in [-0.05, 0) is 45.4 Å². The SMILES string of the molecule is Cc1ccc2[nH]c(CN3CCCC[C@@H]3c3nc(C)no3)cc(=O)c2c1. The molecule has 1 fully saturated rings. The number of nitrogens with one attached hydrogen (secondary N) is 1. The maximum atomic E-state index is 12.5. The minimum Gasteiger partial charge on any atom is -0.357 e. The van der Waals surface area contributed by atoms with E-state index in [0.717, 1.165) is 48.0 Å². The van der Waals surface area contributed by atoms with Crippen molar-refractivity contribution in [2.45, 2.75) is 45.7 Å². The van der Waals surface area contributed by atoms with Crippen LogP contribution in [0.3, 0.4) is 0 Å². The van der Waals surface area contributed by atoms with Crippen molar-refractivity contribution < 1.29 is 4.52 Å². The molecule has 1 atom stereocenters. The summed E-state index contributed by atoms with van der Waals surface area (Å²) in [5, 5.41) is 4.67. The number of H-pyrrole nitrogens is 1. The molecule has 3 aromatic rings. The molecule has 0 aliphatic carbocycles. The molecular weight excluding hydrogens is 316 g/mol. The third-order valence-electron chi connectivity index (χ3n) is 4.86. The maximum Gasteiger partial charge on any atom is 0.243 e. The zero-order valence-corrected chi connectivity index (χ0v) is 14.6. The second-order valence-corrected chi connectivity index (χ2v) is 6.87. The lowest BCUT2D eigenvalue weighted by atomic mass is 10.0. The predicted octanol–water partition coefficient (Wildman–Crippen LogP) is 3.26. The summed E-state index contributed by atoms with van der Waals surface area (Å²) in [6.45, 7) is 5.46. The van der Waals surface area contributed by atoms with Crippen molar-refractivity contribution in [1.29, 1.82) is 0 Å². The van der Waals surface area contributed by atoms with Crippen LogP contribution in [0.1, 0.15) is 48.3 Å². The van der Waals surface area contributed by atoms with E-state index in [1.54, 1.807) is 6.07 Å². The van der Waals surface area contributed by atoms with E-state index in [1.165, 1.54) is 0 Å². The van der Waals surface area contributed by atoms with E-state index in [4.69, 9.17) is 4.52 Å². The standard InChI is InChI=1S/C19H22N4O2/c1-12-6-7-16-15(9-12)18(24)10-14(21-16)11-23-8-4-3-5-17(23)19-20-13(2)22-25-19/h6-7,9-10,17H,3-5,8,11H2,1-2H3,(H,21,24)/t17-/m1/s1. The molecule has 25 heavy (non-hydrogen) atoms. The van der Waals surface area contributed by atoms with Crippen LogP contribution in [0.25, 0.3) is 10.9 Å². The Morgan fingerprint density at radius 1 is 1.28 bits per heavy atom. The molecule has 3 heterocycles. The number of aromatic amines is 1. The first-order valence-corrected chi connectivity index (χ1v) is 8.77. The fraction of sp³-hybridized carbons (Fsp3) is 0.421. The van der Waals surface area contributed by atoms with Gasteiger partial charge in [-0.25, -0.2) is 0 Å². The number of hydrogen-bond acceptors (Lipinski definition) is 5. The van der Waals surface area contributed by atoms with Crippen LogP contribution in [0, 0.1) is 13.8 Å². The average Bonchev–Trinajstić information content (AvgIpc) is 3.02. The van der Waals surface area contributed by atoms with Gasteiger partial charge in [-0.15, -0.1) is 0 Å². The van der Waals surface area contributed by atoms with Gasteiger partial charge in [-0.1, -0.05) is 23.2 Å². The summed E-state index contributed by atoms with van der Waals surface area (Å²) in [7, 11) is 0.